The van der Waals surface area contributed by atoms with Crippen LogP contribution in [0.15, 0.2) is 22.2 Å². The van der Waals surface area contributed by atoms with E-state index >= 15 is 0 Å². The number of amides is 2. The predicted molar refractivity (Wildman–Crippen MR) is 101 cm³/mol. The molecule has 1 unspecified atom stereocenters. The van der Waals surface area contributed by atoms with E-state index in [1.165, 1.54) is 4.90 Å². The molecule has 0 fully saturated rings. The number of fused-ring (bicyclic) bond motifs is 1. The molecule has 26 heavy (non-hydrogen) atoms. The molecule has 3 rings (SSSR count). The molecule has 0 bridgehead atoms. The third kappa shape index (κ3) is 3.24. The van der Waals surface area contributed by atoms with Gasteiger partial charge in [0.2, 0.25) is 5.91 Å². The van der Waals surface area contributed by atoms with Gasteiger partial charge in [-0.05, 0) is 30.5 Å². The first-order valence-corrected chi connectivity index (χ1v) is 9.07. The van der Waals surface area contributed by atoms with Crippen LogP contribution in [0.3, 0.4) is 0 Å². The average molecular weight is 395 g/mol. The number of hydrogen-bond donors (Lipinski definition) is 2. The van der Waals surface area contributed by atoms with Gasteiger partial charge in [-0.25, -0.2) is 0 Å². The van der Waals surface area contributed by atoms with E-state index in [2.05, 4.69) is 10.3 Å². The lowest BCUT2D eigenvalue weighted by Crippen LogP contribution is -2.36. The van der Waals surface area contributed by atoms with Crippen molar-refractivity contribution in [2.24, 2.45) is 5.73 Å². The number of carbonyl (C=O) groups excluding carboxylic acids is 2. The molecule has 8 heteroatoms. The highest BCUT2D eigenvalue weighted by Gasteiger charge is 2.37. The van der Waals surface area contributed by atoms with Crippen molar-refractivity contribution in [3.05, 3.63) is 50.3 Å². The third-order valence-corrected chi connectivity index (χ3v) is 5.42. The van der Waals surface area contributed by atoms with E-state index in [-0.39, 0.29) is 30.8 Å². The van der Waals surface area contributed by atoms with E-state index in [4.69, 9.17) is 28.9 Å². The van der Waals surface area contributed by atoms with E-state index in [9.17, 15) is 9.59 Å². The molecule has 1 aromatic rings. The average Bonchev–Trinajstić information content (AvgIpc) is 2.89. The number of nitrogens with one attached hydrogen (secondary N) is 1. The highest BCUT2D eigenvalue weighted by molar-refractivity contribution is 6.35. The fourth-order valence-corrected chi connectivity index (χ4v) is 4.08. The molecular formula is C18H20Cl2N4O2. The van der Waals surface area contributed by atoms with Gasteiger partial charge in [0.15, 0.2) is 0 Å². The van der Waals surface area contributed by atoms with Crippen molar-refractivity contribution in [3.63, 3.8) is 0 Å². The van der Waals surface area contributed by atoms with Crippen molar-refractivity contribution in [1.29, 1.82) is 0 Å². The van der Waals surface area contributed by atoms with Gasteiger partial charge in [-0.1, -0.05) is 29.3 Å². The first-order valence-electron chi connectivity index (χ1n) is 8.32. The van der Waals surface area contributed by atoms with Crippen LogP contribution in [-0.2, 0) is 17.9 Å². The summed E-state index contributed by atoms with van der Waals surface area (Å²) in [6.07, 6.45) is 4.16. The maximum Gasteiger partial charge on any atom is 0.256 e. The Labute approximate surface area is 162 Å². The first-order chi connectivity index (χ1) is 12.4. The number of rotatable bonds is 4. The highest BCUT2D eigenvalue weighted by atomic mass is 35.5. The normalized spacial score (nSPS) is 19.2. The summed E-state index contributed by atoms with van der Waals surface area (Å²) in [6.45, 7) is 2.41. The molecular weight excluding hydrogens is 375 g/mol. The molecule has 1 aliphatic heterocycles. The summed E-state index contributed by atoms with van der Waals surface area (Å²) in [5, 5.41) is 3.68. The molecule has 0 radical (unpaired) electrons. The Morgan fingerprint density at radius 1 is 1.46 bits per heavy atom. The molecule has 1 atom stereocenters. The molecule has 2 heterocycles. The minimum absolute atomic E-state index is 0.0118. The molecule has 0 aromatic carbocycles. The standard InChI is InChI=1S/C18H20Cl2N4O2/c1-9-12(6-21)16(11-4-3-10(19)5-13(11)20)17-14(23-9)7-24(18(17)26)8-15(25)22-2/h3,5,11H,4,6-8,21H2,1-2H3,(H,22,25). The quantitative estimate of drug-likeness (QED) is 0.819. The van der Waals surface area contributed by atoms with E-state index in [1.54, 1.807) is 13.1 Å². The summed E-state index contributed by atoms with van der Waals surface area (Å²) in [5.74, 6) is -0.642. The van der Waals surface area contributed by atoms with E-state index in [0.29, 0.717) is 34.3 Å². The van der Waals surface area contributed by atoms with Gasteiger partial charge in [0, 0.05) is 35.3 Å². The lowest BCUT2D eigenvalue weighted by Gasteiger charge is -2.24. The summed E-state index contributed by atoms with van der Waals surface area (Å²) in [4.78, 5) is 30.8. The summed E-state index contributed by atoms with van der Waals surface area (Å²) in [7, 11) is 1.54. The number of nitrogens with two attached hydrogens (primary N) is 1. The zero-order valence-electron chi connectivity index (χ0n) is 14.6. The van der Waals surface area contributed by atoms with Gasteiger partial charge in [0.25, 0.3) is 5.91 Å². The maximum absolute atomic E-state index is 13.0. The Morgan fingerprint density at radius 2 is 2.19 bits per heavy atom. The number of pyridine rings is 1. The van der Waals surface area contributed by atoms with Gasteiger partial charge in [-0.2, -0.15) is 0 Å². The van der Waals surface area contributed by atoms with Gasteiger partial charge >= 0.3 is 0 Å². The fraction of sp³-hybridized carbons (Fsp3) is 0.389. The lowest BCUT2D eigenvalue weighted by atomic mass is 9.84. The Balaban J connectivity index is 2.11. The molecule has 2 amide bonds. The lowest BCUT2D eigenvalue weighted by molar-refractivity contribution is -0.121. The number of aromatic nitrogens is 1. The smallest absolute Gasteiger partial charge is 0.256 e. The Hall–Kier alpha value is -1.89. The van der Waals surface area contributed by atoms with Crippen molar-refractivity contribution >= 4 is 35.0 Å². The van der Waals surface area contributed by atoms with Gasteiger partial charge in [0.05, 0.1) is 17.8 Å². The molecule has 138 valence electrons. The van der Waals surface area contributed by atoms with Gasteiger partial charge in [-0.3, -0.25) is 14.6 Å². The number of nitrogens with zero attached hydrogens (tertiary/aromatic N) is 2. The minimum atomic E-state index is -0.228. The van der Waals surface area contributed by atoms with Crippen LogP contribution in [0.5, 0.6) is 0 Å². The second-order valence-corrected chi connectivity index (χ2v) is 7.23. The molecule has 0 saturated heterocycles. The van der Waals surface area contributed by atoms with Crippen molar-refractivity contribution in [1.82, 2.24) is 15.2 Å². The zero-order chi connectivity index (χ0) is 19.0. The number of likely N-dealkylation sites (N-methyl/N-ethyl adjacent to an activating group) is 1. The summed E-state index contributed by atoms with van der Waals surface area (Å²) >= 11 is 12.5. The van der Waals surface area contributed by atoms with Crippen molar-refractivity contribution in [2.45, 2.75) is 32.4 Å². The van der Waals surface area contributed by atoms with Crippen LogP contribution in [0.1, 0.15) is 45.2 Å². The van der Waals surface area contributed by atoms with Crippen LogP contribution in [0.2, 0.25) is 0 Å². The van der Waals surface area contributed by atoms with Crippen molar-refractivity contribution in [2.75, 3.05) is 13.6 Å². The van der Waals surface area contributed by atoms with Gasteiger partial charge in [0.1, 0.15) is 6.54 Å². The topological polar surface area (TPSA) is 88.3 Å². The van der Waals surface area contributed by atoms with Gasteiger partial charge < -0.3 is 16.0 Å². The van der Waals surface area contributed by atoms with Gasteiger partial charge in [-0.15, -0.1) is 0 Å². The molecule has 1 aromatic heterocycles. The van der Waals surface area contributed by atoms with Crippen LogP contribution >= 0.6 is 23.2 Å². The van der Waals surface area contributed by atoms with E-state index < -0.39 is 0 Å². The SMILES string of the molecule is CNC(=O)CN1Cc2nc(C)c(CN)c(C3CC=C(Cl)C=C3Cl)c2C1=O. The van der Waals surface area contributed by atoms with Crippen LogP contribution < -0.4 is 11.1 Å². The fourth-order valence-electron chi connectivity index (χ4n) is 3.50. The number of hydrogen-bond acceptors (Lipinski definition) is 4. The number of halogens is 2. The summed E-state index contributed by atoms with van der Waals surface area (Å²) in [6, 6.07) is 0. The summed E-state index contributed by atoms with van der Waals surface area (Å²) in [5.41, 5.74) is 9.56. The molecule has 2 aliphatic rings. The van der Waals surface area contributed by atoms with Crippen LogP contribution in [0, 0.1) is 6.92 Å². The second kappa shape index (κ2) is 7.39. The molecule has 3 N–H and O–H groups in total. The molecule has 1 aliphatic carbocycles. The molecule has 0 spiro atoms. The van der Waals surface area contributed by atoms with Crippen molar-refractivity contribution in [3.8, 4) is 0 Å². The largest absolute Gasteiger partial charge is 0.358 e. The van der Waals surface area contributed by atoms with Crippen LogP contribution in [-0.4, -0.2) is 35.3 Å². The third-order valence-electron chi connectivity index (χ3n) is 4.79. The Bertz CT molecular complexity index is 848. The van der Waals surface area contributed by atoms with Crippen LogP contribution in [0.25, 0.3) is 0 Å². The van der Waals surface area contributed by atoms with E-state index in [1.807, 2.05) is 13.0 Å². The van der Waals surface area contributed by atoms with Crippen molar-refractivity contribution < 1.29 is 9.59 Å². The second-order valence-electron chi connectivity index (χ2n) is 6.36. The summed E-state index contributed by atoms with van der Waals surface area (Å²) < 4.78 is 0. The Morgan fingerprint density at radius 3 is 2.81 bits per heavy atom. The van der Waals surface area contributed by atoms with Crippen LogP contribution in [0.4, 0.5) is 0 Å². The number of carbonyl (C=O) groups is 2. The number of allylic oxidation sites excluding steroid dienone is 4. The zero-order valence-corrected chi connectivity index (χ0v) is 16.1. The highest BCUT2D eigenvalue weighted by Crippen LogP contribution is 2.42. The Kier molecular flexibility index (Phi) is 5.37. The maximum atomic E-state index is 13.0. The monoisotopic (exact) mass is 394 g/mol. The first kappa shape index (κ1) is 18.9. The molecule has 6 nitrogen and oxygen atoms in total. The number of aryl methyl sites for hydroxylation is 1. The predicted octanol–water partition coefficient (Wildman–Crippen LogP) is 2.28. The molecule has 0 saturated carbocycles. The minimum Gasteiger partial charge on any atom is -0.358 e. The van der Waals surface area contributed by atoms with E-state index in [0.717, 1.165) is 16.8 Å².